The first-order valence-corrected chi connectivity index (χ1v) is 9.17. The molecule has 0 aromatic heterocycles. The number of carbonyl (C=O) groups is 1. The van der Waals surface area contributed by atoms with Crippen molar-refractivity contribution in [1.82, 2.24) is 4.90 Å². The average molecular weight is 408 g/mol. The first-order chi connectivity index (χ1) is 12.7. The van der Waals surface area contributed by atoms with Gasteiger partial charge in [-0.1, -0.05) is 11.6 Å². The molecular formula is C18H21ClF3NO4. The van der Waals surface area contributed by atoms with Crippen molar-refractivity contribution in [2.75, 3.05) is 7.11 Å². The van der Waals surface area contributed by atoms with Crippen molar-refractivity contribution in [3.05, 3.63) is 23.8 Å². The molecule has 0 spiro atoms. The van der Waals surface area contributed by atoms with Crippen LogP contribution < -0.4 is 9.47 Å². The van der Waals surface area contributed by atoms with Crippen LogP contribution in [0.15, 0.2) is 18.2 Å². The molecule has 0 aliphatic carbocycles. The second kappa shape index (κ2) is 7.66. The number of benzene rings is 1. The maximum atomic E-state index is 12.9. The van der Waals surface area contributed by atoms with E-state index in [0.29, 0.717) is 12.8 Å². The van der Waals surface area contributed by atoms with Gasteiger partial charge in [-0.15, -0.1) is 0 Å². The second-order valence-electron chi connectivity index (χ2n) is 6.79. The quantitative estimate of drug-likeness (QED) is 0.672. The van der Waals surface area contributed by atoms with E-state index < -0.39 is 23.4 Å². The zero-order chi connectivity index (χ0) is 19.8. The van der Waals surface area contributed by atoms with E-state index >= 15 is 0 Å². The zero-order valence-corrected chi connectivity index (χ0v) is 15.7. The Balaban J connectivity index is 1.69. The normalized spacial score (nSPS) is 25.9. The van der Waals surface area contributed by atoms with E-state index in [-0.39, 0.29) is 29.7 Å². The van der Waals surface area contributed by atoms with Gasteiger partial charge in [-0.25, -0.2) is 4.79 Å². The fourth-order valence-corrected chi connectivity index (χ4v) is 3.92. The number of hydrogen-bond donors (Lipinski definition) is 0. The molecule has 0 N–H and O–H groups in total. The third-order valence-electron chi connectivity index (χ3n) is 4.95. The minimum atomic E-state index is -4.45. The molecule has 9 heteroatoms. The Bertz CT molecular complexity index is 684. The molecule has 0 saturated carbocycles. The SMILES string of the molecule is COc1cc(C(F)(F)F)ccc1O[C@H]1C[C@H]2CC[C@@H](C1)N2C(=O)OC(C)Cl. The van der Waals surface area contributed by atoms with Crippen LogP contribution in [0.4, 0.5) is 18.0 Å². The summed E-state index contributed by atoms with van der Waals surface area (Å²) in [5.74, 6) is 0.301. The standard InChI is InChI=1S/C18H21ClF3NO4/c1-10(19)26-17(24)23-12-4-5-13(23)9-14(8-12)27-15-6-3-11(18(20,21)22)7-16(15)25-2/h3,6-7,10,12-14H,4-5,8-9H2,1-2H3/t10?,12-,13+,14+. The molecule has 1 amide bonds. The van der Waals surface area contributed by atoms with Crippen molar-refractivity contribution in [1.29, 1.82) is 0 Å². The van der Waals surface area contributed by atoms with Crippen LogP contribution in [0, 0.1) is 0 Å². The van der Waals surface area contributed by atoms with Gasteiger partial charge >= 0.3 is 12.3 Å². The highest BCUT2D eigenvalue weighted by molar-refractivity contribution is 6.19. The number of nitrogens with zero attached hydrogens (tertiary/aromatic N) is 1. The van der Waals surface area contributed by atoms with Gasteiger partial charge in [-0.3, -0.25) is 0 Å². The van der Waals surface area contributed by atoms with Crippen LogP contribution in [0.2, 0.25) is 0 Å². The second-order valence-corrected chi connectivity index (χ2v) is 7.41. The van der Waals surface area contributed by atoms with E-state index in [1.165, 1.54) is 13.2 Å². The van der Waals surface area contributed by atoms with Gasteiger partial charge in [0.2, 0.25) is 0 Å². The first-order valence-electron chi connectivity index (χ1n) is 8.74. The molecule has 5 nitrogen and oxygen atoms in total. The number of piperidine rings is 1. The van der Waals surface area contributed by atoms with Crippen LogP contribution in [0.5, 0.6) is 11.5 Å². The van der Waals surface area contributed by atoms with Gasteiger partial charge in [0.1, 0.15) is 6.10 Å². The van der Waals surface area contributed by atoms with Gasteiger partial charge < -0.3 is 19.1 Å². The monoisotopic (exact) mass is 407 g/mol. The van der Waals surface area contributed by atoms with E-state index in [0.717, 1.165) is 25.0 Å². The Hall–Kier alpha value is -1.83. The number of halogens is 4. The van der Waals surface area contributed by atoms with E-state index in [4.69, 9.17) is 25.8 Å². The van der Waals surface area contributed by atoms with Crippen LogP contribution in [-0.2, 0) is 10.9 Å². The molecule has 4 atom stereocenters. The fraction of sp³-hybridized carbons (Fsp3) is 0.611. The van der Waals surface area contributed by atoms with E-state index in [1.54, 1.807) is 11.8 Å². The zero-order valence-electron chi connectivity index (χ0n) is 15.0. The number of hydrogen-bond acceptors (Lipinski definition) is 4. The average Bonchev–Trinajstić information content (AvgIpc) is 2.85. The summed E-state index contributed by atoms with van der Waals surface area (Å²) in [4.78, 5) is 13.9. The van der Waals surface area contributed by atoms with Gasteiger partial charge in [0, 0.05) is 24.9 Å². The third-order valence-corrected chi connectivity index (χ3v) is 5.04. The van der Waals surface area contributed by atoms with Crippen LogP contribution in [0.25, 0.3) is 0 Å². The summed E-state index contributed by atoms with van der Waals surface area (Å²) in [5, 5.41) is 0. The molecule has 2 heterocycles. The van der Waals surface area contributed by atoms with Gasteiger partial charge in [-0.2, -0.15) is 13.2 Å². The highest BCUT2D eigenvalue weighted by atomic mass is 35.5. The first kappa shape index (κ1) is 19.9. The highest BCUT2D eigenvalue weighted by Gasteiger charge is 2.45. The molecule has 2 aliphatic heterocycles. The summed E-state index contributed by atoms with van der Waals surface area (Å²) in [6.07, 6.45) is -2.28. The maximum absolute atomic E-state index is 12.9. The minimum Gasteiger partial charge on any atom is -0.493 e. The number of rotatable bonds is 4. The third kappa shape index (κ3) is 4.36. The van der Waals surface area contributed by atoms with E-state index in [2.05, 4.69) is 0 Å². The molecule has 1 aromatic rings. The predicted octanol–water partition coefficient (Wildman–Crippen LogP) is 4.81. The van der Waals surface area contributed by atoms with Crippen molar-refractivity contribution in [3.8, 4) is 11.5 Å². The van der Waals surface area contributed by atoms with Crippen molar-refractivity contribution >= 4 is 17.7 Å². The number of alkyl halides is 4. The summed E-state index contributed by atoms with van der Waals surface area (Å²) in [7, 11) is 1.30. The molecule has 1 unspecified atom stereocenters. The molecule has 2 fully saturated rings. The molecule has 1 aromatic carbocycles. The number of carbonyl (C=O) groups excluding carboxylic acids is 1. The largest absolute Gasteiger partial charge is 0.493 e. The Labute approximate surface area is 160 Å². The van der Waals surface area contributed by atoms with Crippen molar-refractivity contribution in [2.45, 2.75) is 62.5 Å². The molecular weight excluding hydrogens is 387 g/mol. The van der Waals surface area contributed by atoms with Gasteiger partial charge in [0.05, 0.1) is 12.7 Å². The lowest BCUT2D eigenvalue weighted by Crippen LogP contribution is -2.49. The molecule has 2 saturated heterocycles. The van der Waals surface area contributed by atoms with Crippen molar-refractivity contribution in [3.63, 3.8) is 0 Å². The maximum Gasteiger partial charge on any atom is 0.416 e. The summed E-state index contributed by atoms with van der Waals surface area (Å²) in [6.45, 7) is 1.58. The number of methoxy groups -OCH3 is 1. The molecule has 2 aliphatic rings. The van der Waals surface area contributed by atoms with Crippen LogP contribution in [0.3, 0.4) is 0 Å². The Morgan fingerprint density at radius 2 is 1.85 bits per heavy atom. The summed E-state index contributed by atoms with van der Waals surface area (Å²) < 4.78 is 54.7. The Morgan fingerprint density at radius 3 is 2.37 bits per heavy atom. The van der Waals surface area contributed by atoms with Crippen molar-refractivity contribution < 1.29 is 32.2 Å². The van der Waals surface area contributed by atoms with Gasteiger partial charge in [0.25, 0.3) is 0 Å². The molecule has 3 rings (SSSR count). The van der Waals surface area contributed by atoms with Gasteiger partial charge in [0.15, 0.2) is 17.1 Å². The fourth-order valence-electron chi connectivity index (χ4n) is 3.84. The molecule has 27 heavy (non-hydrogen) atoms. The molecule has 0 radical (unpaired) electrons. The van der Waals surface area contributed by atoms with Crippen LogP contribution in [0.1, 0.15) is 38.2 Å². The Morgan fingerprint density at radius 1 is 1.22 bits per heavy atom. The number of ether oxygens (including phenoxy) is 3. The predicted molar refractivity (Wildman–Crippen MR) is 92.1 cm³/mol. The van der Waals surface area contributed by atoms with Gasteiger partial charge in [-0.05, 0) is 38.0 Å². The molecule has 2 bridgehead atoms. The lowest BCUT2D eigenvalue weighted by Gasteiger charge is -2.38. The summed E-state index contributed by atoms with van der Waals surface area (Å²) in [6, 6.07) is 3.12. The smallest absolute Gasteiger partial charge is 0.416 e. The van der Waals surface area contributed by atoms with E-state index in [9.17, 15) is 18.0 Å². The Kier molecular flexibility index (Phi) is 5.65. The topological polar surface area (TPSA) is 48.0 Å². The highest BCUT2D eigenvalue weighted by Crippen LogP contribution is 2.41. The minimum absolute atomic E-state index is 0.0305. The summed E-state index contributed by atoms with van der Waals surface area (Å²) >= 11 is 5.73. The lowest BCUT2D eigenvalue weighted by molar-refractivity contribution is -0.137. The number of fused-ring (bicyclic) bond motifs is 2. The van der Waals surface area contributed by atoms with Crippen LogP contribution >= 0.6 is 11.6 Å². The lowest BCUT2D eigenvalue weighted by atomic mass is 10.00. The van der Waals surface area contributed by atoms with E-state index in [1.807, 2.05) is 0 Å². The van der Waals surface area contributed by atoms with Crippen molar-refractivity contribution in [2.24, 2.45) is 0 Å². The number of amides is 1. The van der Waals surface area contributed by atoms with Crippen LogP contribution in [-0.4, -0.2) is 41.9 Å². The molecule has 150 valence electrons. The summed E-state index contributed by atoms with van der Waals surface area (Å²) in [5.41, 5.74) is -1.50.